The molecule has 36 heavy (non-hydrogen) atoms. The summed E-state index contributed by atoms with van der Waals surface area (Å²) in [6.07, 6.45) is -0.872. The highest BCUT2D eigenvalue weighted by Crippen LogP contribution is 2.37. The van der Waals surface area contributed by atoms with Gasteiger partial charge in [-0.15, -0.1) is 5.10 Å². The van der Waals surface area contributed by atoms with Crippen LogP contribution in [0, 0.1) is 6.92 Å². The van der Waals surface area contributed by atoms with Crippen molar-refractivity contribution in [3.05, 3.63) is 66.2 Å². The van der Waals surface area contributed by atoms with E-state index in [4.69, 9.17) is 18.6 Å². The van der Waals surface area contributed by atoms with Gasteiger partial charge in [-0.05, 0) is 49.3 Å². The van der Waals surface area contributed by atoms with Gasteiger partial charge in [0.05, 0.1) is 17.9 Å². The Morgan fingerprint density at radius 2 is 1.64 bits per heavy atom. The number of benzene rings is 2. The molecule has 0 saturated heterocycles. The first kappa shape index (κ1) is 27.4. The molecule has 1 heterocycles. The molecule has 2 aromatic carbocycles. The standard InChI is InChI=1S/C27H37N3O5Si/c1-20-24(28-26(31)34-22-16-12-9-13-17-22)30(21-14-10-8-11-15-21)29-25(20)33-19-23(18-32-5)35-36(6,7)27(2,3)4/h8-17,23H,18-19H2,1-7H3,(H,28,31)/t23-/m1/s1. The van der Waals surface area contributed by atoms with Crippen LogP contribution < -0.4 is 14.8 Å². The number of rotatable bonds is 10. The average Bonchev–Trinajstić information content (AvgIpc) is 3.13. The molecule has 0 spiro atoms. The zero-order valence-corrected chi connectivity index (χ0v) is 23.2. The molecule has 1 aromatic heterocycles. The molecular weight excluding hydrogens is 474 g/mol. The van der Waals surface area contributed by atoms with Gasteiger partial charge in [-0.2, -0.15) is 0 Å². The van der Waals surface area contributed by atoms with Gasteiger partial charge in [0.15, 0.2) is 8.32 Å². The van der Waals surface area contributed by atoms with Crippen LogP contribution >= 0.6 is 0 Å². The molecule has 0 bridgehead atoms. The van der Waals surface area contributed by atoms with Crippen molar-refractivity contribution in [2.45, 2.75) is 51.9 Å². The summed E-state index contributed by atoms with van der Waals surface area (Å²) in [7, 11) is -0.383. The summed E-state index contributed by atoms with van der Waals surface area (Å²) in [5.74, 6) is 1.31. The van der Waals surface area contributed by atoms with E-state index in [1.807, 2.05) is 43.3 Å². The van der Waals surface area contributed by atoms with Crippen molar-refractivity contribution in [3.8, 4) is 17.3 Å². The molecule has 0 aliphatic carbocycles. The number of methoxy groups -OCH3 is 1. The van der Waals surface area contributed by atoms with Crippen molar-refractivity contribution in [1.29, 1.82) is 0 Å². The van der Waals surface area contributed by atoms with E-state index in [0.29, 0.717) is 29.6 Å². The maximum Gasteiger partial charge on any atom is 0.418 e. The van der Waals surface area contributed by atoms with E-state index in [1.165, 1.54) is 0 Å². The topological polar surface area (TPSA) is 83.8 Å². The van der Waals surface area contributed by atoms with E-state index in [1.54, 1.807) is 36.1 Å². The van der Waals surface area contributed by atoms with Crippen LogP contribution in [0.3, 0.4) is 0 Å². The highest BCUT2D eigenvalue weighted by molar-refractivity contribution is 6.74. The SMILES string of the molecule is COC[C@H](COc1nn(-c2ccccc2)c(NC(=O)Oc2ccccc2)c1C)O[Si](C)(C)C(C)(C)C. The van der Waals surface area contributed by atoms with E-state index in [2.05, 4.69) is 44.3 Å². The molecule has 0 unspecified atom stereocenters. The summed E-state index contributed by atoms with van der Waals surface area (Å²) in [4.78, 5) is 12.7. The Kier molecular flexibility index (Phi) is 8.94. The van der Waals surface area contributed by atoms with Crippen LogP contribution in [0.25, 0.3) is 5.69 Å². The lowest BCUT2D eigenvalue weighted by Gasteiger charge is -2.39. The van der Waals surface area contributed by atoms with Gasteiger partial charge >= 0.3 is 6.09 Å². The van der Waals surface area contributed by atoms with Gasteiger partial charge < -0.3 is 18.6 Å². The summed E-state index contributed by atoms with van der Waals surface area (Å²) in [5, 5.41) is 7.54. The van der Waals surface area contributed by atoms with Gasteiger partial charge in [0.1, 0.15) is 24.3 Å². The smallest absolute Gasteiger partial charge is 0.418 e. The number of carbonyl (C=O) groups excluding carboxylic acids is 1. The molecule has 1 atom stereocenters. The number of anilines is 1. The van der Waals surface area contributed by atoms with Crippen molar-refractivity contribution in [2.75, 3.05) is 25.6 Å². The molecule has 9 heteroatoms. The van der Waals surface area contributed by atoms with E-state index in [9.17, 15) is 4.79 Å². The Morgan fingerprint density at radius 1 is 1.03 bits per heavy atom. The van der Waals surface area contributed by atoms with Crippen LogP contribution in [0.4, 0.5) is 10.6 Å². The number of hydrogen-bond acceptors (Lipinski definition) is 6. The number of ether oxygens (including phenoxy) is 3. The van der Waals surface area contributed by atoms with Gasteiger partial charge in [-0.1, -0.05) is 57.2 Å². The van der Waals surface area contributed by atoms with Crippen LogP contribution in [0.2, 0.25) is 18.1 Å². The second-order valence-corrected chi connectivity index (χ2v) is 14.9. The first-order chi connectivity index (χ1) is 17.0. The summed E-state index contributed by atoms with van der Waals surface area (Å²) in [6.45, 7) is 13.5. The summed E-state index contributed by atoms with van der Waals surface area (Å²) < 4.78 is 25.1. The third-order valence-electron chi connectivity index (χ3n) is 6.28. The minimum Gasteiger partial charge on any atom is -0.474 e. The number of carbonyl (C=O) groups is 1. The van der Waals surface area contributed by atoms with Crippen LogP contribution in [0.5, 0.6) is 11.6 Å². The second kappa shape index (κ2) is 11.7. The Labute approximate surface area is 214 Å². The average molecular weight is 512 g/mol. The first-order valence-corrected chi connectivity index (χ1v) is 14.9. The summed E-state index contributed by atoms with van der Waals surface area (Å²) >= 11 is 0. The van der Waals surface area contributed by atoms with Crippen LogP contribution in [-0.2, 0) is 9.16 Å². The third-order valence-corrected chi connectivity index (χ3v) is 10.8. The molecule has 8 nitrogen and oxygen atoms in total. The van der Waals surface area contributed by atoms with Crippen molar-refractivity contribution in [2.24, 2.45) is 0 Å². The van der Waals surface area contributed by atoms with E-state index < -0.39 is 14.4 Å². The number of nitrogens with zero attached hydrogens (tertiary/aromatic N) is 2. The zero-order chi connectivity index (χ0) is 26.3. The predicted molar refractivity (Wildman–Crippen MR) is 144 cm³/mol. The Morgan fingerprint density at radius 3 is 2.22 bits per heavy atom. The summed E-state index contributed by atoms with van der Waals surface area (Å²) in [5.41, 5.74) is 1.45. The first-order valence-electron chi connectivity index (χ1n) is 12.0. The summed E-state index contributed by atoms with van der Waals surface area (Å²) in [6, 6.07) is 18.4. The third kappa shape index (κ3) is 6.96. The molecular formula is C27H37N3O5Si. The molecule has 0 fully saturated rings. The van der Waals surface area contributed by atoms with Crippen LogP contribution in [0.15, 0.2) is 60.7 Å². The number of hydrogen-bond donors (Lipinski definition) is 1. The molecule has 194 valence electrons. The van der Waals surface area contributed by atoms with E-state index in [-0.39, 0.29) is 17.7 Å². The maximum atomic E-state index is 12.7. The van der Waals surface area contributed by atoms with Crippen LogP contribution in [-0.4, -0.2) is 50.6 Å². The highest BCUT2D eigenvalue weighted by atomic mass is 28.4. The van der Waals surface area contributed by atoms with Gasteiger partial charge in [0.25, 0.3) is 0 Å². The number of para-hydroxylation sites is 2. The minimum absolute atomic E-state index is 0.0556. The lowest BCUT2D eigenvalue weighted by atomic mass is 10.2. The maximum absolute atomic E-state index is 12.7. The Hall–Kier alpha value is -3.14. The predicted octanol–water partition coefficient (Wildman–Crippen LogP) is 6.21. The largest absolute Gasteiger partial charge is 0.474 e. The van der Waals surface area contributed by atoms with Crippen molar-refractivity contribution < 1.29 is 23.4 Å². The van der Waals surface area contributed by atoms with Crippen LogP contribution in [0.1, 0.15) is 26.3 Å². The van der Waals surface area contributed by atoms with Crippen molar-refractivity contribution in [3.63, 3.8) is 0 Å². The molecule has 3 rings (SSSR count). The molecule has 1 amide bonds. The molecule has 0 saturated carbocycles. The van der Waals surface area contributed by atoms with Gasteiger partial charge in [-0.25, -0.2) is 9.48 Å². The molecule has 0 aliphatic rings. The fourth-order valence-electron chi connectivity index (χ4n) is 3.30. The Bertz CT molecular complexity index is 1130. The van der Waals surface area contributed by atoms with E-state index >= 15 is 0 Å². The number of nitrogens with one attached hydrogen (secondary N) is 1. The fraction of sp³-hybridized carbons (Fsp3) is 0.407. The minimum atomic E-state index is -2.03. The normalized spacial score (nSPS) is 12.8. The lowest BCUT2D eigenvalue weighted by molar-refractivity contribution is 0.0384. The molecule has 0 aliphatic heterocycles. The highest BCUT2D eigenvalue weighted by Gasteiger charge is 2.39. The molecule has 3 aromatic rings. The quantitative estimate of drug-likeness (QED) is 0.326. The zero-order valence-electron chi connectivity index (χ0n) is 22.2. The van der Waals surface area contributed by atoms with Gasteiger partial charge in [0, 0.05) is 7.11 Å². The lowest BCUT2D eigenvalue weighted by Crippen LogP contribution is -2.46. The molecule has 0 radical (unpaired) electrons. The van der Waals surface area contributed by atoms with Crippen molar-refractivity contribution >= 4 is 20.2 Å². The number of aromatic nitrogens is 2. The van der Waals surface area contributed by atoms with Crippen molar-refractivity contribution in [1.82, 2.24) is 9.78 Å². The fourth-order valence-corrected chi connectivity index (χ4v) is 4.62. The van der Waals surface area contributed by atoms with Gasteiger partial charge in [0.2, 0.25) is 5.88 Å². The van der Waals surface area contributed by atoms with E-state index in [0.717, 1.165) is 5.69 Å². The van der Waals surface area contributed by atoms with Gasteiger partial charge in [-0.3, -0.25) is 5.32 Å². The molecule has 1 N–H and O–H groups in total. The Balaban J connectivity index is 1.83. The monoisotopic (exact) mass is 511 g/mol. The number of amides is 1. The second-order valence-electron chi connectivity index (χ2n) is 10.1.